The lowest BCUT2D eigenvalue weighted by Gasteiger charge is -2.07. The van der Waals surface area contributed by atoms with Gasteiger partial charge in [-0.05, 0) is 18.6 Å². The first-order valence-corrected chi connectivity index (χ1v) is 6.29. The van der Waals surface area contributed by atoms with Crippen molar-refractivity contribution in [2.45, 2.75) is 18.2 Å². The highest BCUT2D eigenvalue weighted by atomic mass is 35.5. The Balaban J connectivity index is 3.10. The van der Waals surface area contributed by atoms with Gasteiger partial charge in [0.2, 0.25) is 10.0 Å². The molecule has 0 aliphatic heterocycles. The molecular weight excluding hydrogens is 241 g/mol. The van der Waals surface area contributed by atoms with Crippen LogP contribution in [0.5, 0.6) is 0 Å². The zero-order valence-electron chi connectivity index (χ0n) is 8.13. The lowest BCUT2D eigenvalue weighted by Crippen LogP contribution is -2.24. The molecule has 0 saturated carbocycles. The summed E-state index contributed by atoms with van der Waals surface area (Å²) in [6, 6.07) is 3.69. The van der Waals surface area contributed by atoms with E-state index in [2.05, 4.69) is 4.72 Å². The van der Waals surface area contributed by atoms with Crippen LogP contribution in [-0.2, 0) is 10.0 Å². The SMILES string of the molecule is CCCNS(=O)(=O)c1cccc(F)c1Cl. The van der Waals surface area contributed by atoms with Crippen molar-refractivity contribution in [3.63, 3.8) is 0 Å². The van der Waals surface area contributed by atoms with Gasteiger partial charge in [0.05, 0.1) is 5.02 Å². The molecular formula is C9H11ClFNO2S. The molecule has 0 aliphatic rings. The third kappa shape index (κ3) is 2.90. The zero-order valence-corrected chi connectivity index (χ0v) is 9.70. The number of hydrogen-bond donors (Lipinski definition) is 1. The summed E-state index contributed by atoms with van der Waals surface area (Å²) in [7, 11) is -3.70. The van der Waals surface area contributed by atoms with Crippen LogP contribution in [0.1, 0.15) is 13.3 Å². The van der Waals surface area contributed by atoms with E-state index < -0.39 is 15.8 Å². The van der Waals surface area contributed by atoms with E-state index in [4.69, 9.17) is 11.6 Å². The van der Waals surface area contributed by atoms with Gasteiger partial charge in [0.1, 0.15) is 10.7 Å². The van der Waals surface area contributed by atoms with Gasteiger partial charge in [-0.15, -0.1) is 0 Å². The fourth-order valence-corrected chi connectivity index (χ4v) is 2.66. The third-order valence-corrected chi connectivity index (χ3v) is 3.75. The van der Waals surface area contributed by atoms with Crippen LogP contribution in [0.15, 0.2) is 23.1 Å². The van der Waals surface area contributed by atoms with Crippen LogP contribution in [0.2, 0.25) is 5.02 Å². The summed E-state index contributed by atoms with van der Waals surface area (Å²) in [6.45, 7) is 2.13. The maximum Gasteiger partial charge on any atom is 0.242 e. The van der Waals surface area contributed by atoms with Crippen molar-refractivity contribution in [2.75, 3.05) is 6.54 Å². The van der Waals surface area contributed by atoms with Gasteiger partial charge in [0.25, 0.3) is 0 Å². The van der Waals surface area contributed by atoms with Crippen molar-refractivity contribution in [1.82, 2.24) is 4.72 Å². The summed E-state index contributed by atoms with van der Waals surface area (Å²) < 4.78 is 38.5. The normalized spacial score (nSPS) is 11.7. The molecule has 3 nitrogen and oxygen atoms in total. The second kappa shape index (κ2) is 4.92. The maximum atomic E-state index is 13.0. The molecule has 0 aliphatic carbocycles. The molecule has 0 saturated heterocycles. The Kier molecular flexibility index (Phi) is 4.07. The number of nitrogens with one attached hydrogen (secondary N) is 1. The highest BCUT2D eigenvalue weighted by molar-refractivity contribution is 7.89. The van der Waals surface area contributed by atoms with Gasteiger partial charge in [0, 0.05) is 6.54 Å². The molecule has 0 radical (unpaired) electrons. The first-order chi connectivity index (χ1) is 6.99. The molecule has 0 amide bonds. The van der Waals surface area contributed by atoms with Gasteiger partial charge >= 0.3 is 0 Å². The van der Waals surface area contributed by atoms with E-state index in [1.807, 2.05) is 6.92 Å². The van der Waals surface area contributed by atoms with E-state index >= 15 is 0 Å². The quantitative estimate of drug-likeness (QED) is 0.892. The highest BCUT2D eigenvalue weighted by Crippen LogP contribution is 2.23. The molecule has 0 atom stereocenters. The third-order valence-electron chi connectivity index (χ3n) is 1.75. The molecule has 0 aromatic heterocycles. The summed E-state index contributed by atoms with van der Waals surface area (Å²) in [4.78, 5) is -0.224. The van der Waals surface area contributed by atoms with E-state index in [1.54, 1.807) is 0 Å². The number of sulfonamides is 1. The van der Waals surface area contributed by atoms with Crippen LogP contribution in [0.25, 0.3) is 0 Å². The molecule has 0 spiro atoms. The lowest BCUT2D eigenvalue weighted by atomic mass is 10.3. The largest absolute Gasteiger partial charge is 0.242 e. The van der Waals surface area contributed by atoms with Crippen molar-refractivity contribution in [2.24, 2.45) is 0 Å². The number of rotatable bonds is 4. The van der Waals surface area contributed by atoms with Gasteiger partial charge in [-0.25, -0.2) is 17.5 Å². The monoisotopic (exact) mass is 251 g/mol. The van der Waals surface area contributed by atoms with Gasteiger partial charge in [-0.1, -0.05) is 24.6 Å². The van der Waals surface area contributed by atoms with E-state index in [-0.39, 0.29) is 9.92 Å². The van der Waals surface area contributed by atoms with Crippen LogP contribution in [0.3, 0.4) is 0 Å². The maximum absolute atomic E-state index is 13.0. The van der Waals surface area contributed by atoms with Crippen molar-refractivity contribution >= 4 is 21.6 Å². The Hall–Kier alpha value is -0.650. The standard InChI is InChI=1S/C9H11ClFNO2S/c1-2-6-12-15(13,14)8-5-3-4-7(11)9(8)10/h3-5,12H,2,6H2,1H3. The van der Waals surface area contributed by atoms with Crippen LogP contribution in [-0.4, -0.2) is 15.0 Å². The van der Waals surface area contributed by atoms with E-state index in [9.17, 15) is 12.8 Å². The Morgan fingerprint density at radius 3 is 2.73 bits per heavy atom. The van der Waals surface area contributed by atoms with E-state index in [0.29, 0.717) is 13.0 Å². The minimum Gasteiger partial charge on any atom is -0.211 e. The average Bonchev–Trinajstić information content (AvgIpc) is 2.19. The van der Waals surface area contributed by atoms with Gasteiger partial charge in [0.15, 0.2) is 0 Å². The molecule has 1 aromatic carbocycles. The second-order valence-corrected chi connectivity index (χ2v) is 5.06. The summed E-state index contributed by atoms with van der Waals surface area (Å²) in [5, 5.41) is -0.374. The molecule has 0 unspecified atom stereocenters. The smallest absolute Gasteiger partial charge is 0.211 e. The summed E-state index contributed by atoms with van der Waals surface area (Å²) in [5.74, 6) is -0.740. The lowest BCUT2D eigenvalue weighted by molar-refractivity contribution is 0.577. The zero-order chi connectivity index (χ0) is 11.5. The molecule has 1 rings (SSSR count). The number of halogens is 2. The van der Waals surface area contributed by atoms with Gasteiger partial charge in [-0.3, -0.25) is 0 Å². The number of benzene rings is 1. The first kappa shape index (κ1) is 12.4. The Morgan fingerprint density at radius 2 is 2.13 bits per heavy atom. The van der Waals surface area contributed by atoms with Gasteiger partial charge < -0.3 is 0 Å². The summed E-state index contributed by atoms with van der Waals surface area (Å²) in [5.41, 5.74) is 0. The van der Waals surface area contributed by atoms with E-state index in [0.717, 1.165) is 6.07 Å². The van der Waals surface area contributed by atoms with Crippen molar-refractivity contribution < 1.29 is 12.8 Å². The van der Waals surface area contributed by atoms with Gasteiger partial charge in [-0.2, -0.15) is 0 Å². The second-order valence-electron chi connectivity index (χ2n) is 2.95. The topological polar surface area (TPSA) is 46.2 Å². The molecule has 0 heterocycles. The van der Waals surface area contributed by atoms with E-state index in [1.165, 1.54) is 12.1 Å². The average molecular weight is 252 g/mol. The highest BCUT2D eigenvalue weighted by Gasteiger charge is 2.18. The molecule has 0 bridgehead atoms. The number of hydrogen-bond acceptors (Lipinski definition) is 2. The molecule has 15 heavy (non-hydrogen) atoms. The Labute approximate surface area is 93.3 Å². The minimum atomic E-state index is -3.70. The van der Waals surface area contributed by atoms with Crippen molar-refractivity contribution in [3.8, 4) is 0 Å². The minimum absolute atomic E-state index is 0.224. The Bertz CT molecular complexity index is 447. The van der Waals surface area contributed by atoms with Crippen molar-refractivity contribution in [3.05, 3.63) is 29.0 Å². The fourth-order valence-electron chi connectivity index (χ4n) is 1.01. The molecule has 6 heteroatoms. The predicted molar refractivity (Wildman–Crippen MR) is 56.9 cm³/mol. The van der Waals surface area contributed by atoms with Crippen LogP contribution < -0.4 is 4.72 Å². The Morgan fingerprint density at radius 1 is 1.47 bits per heavy atom. The van der Waals surface area contributed by atoms with Crippen LogP contribution >= 0.6 is 11.6 Å². The molecule has 1 aromatic rings. The van der Waals surface area contributed by atoms with Crippen molar-refractivity contribution in [1.29, 1.82) is 0 Å². The molecule has 84 valence electrons. The summed E-state index contributed by atoms with van der Waals surface area (Å²) >= 11 is 5.56. The molecule has 1 N–H and O–H groups in total. The predicted octanol–water partition coefficient (Wildman–Crippen LogP) is 2.17. The molecule has 0 fully saturated rings. The summed E-state index contributed by atoms with van der Waals surface area (Å²) in [6.07, 6.45) is 0.659. The van der Waals surface area contributed by atoms with Crippen LogP contribution in [0, 0.1) is 5.82 Å². The first-order valence-electron chi connectivity index (χ1n) is 4.42. The van der Waals surface area contributed by atoms with Crippen LogP contribution in [0.4, 0.5) is 4.39 Å². The fraction of sp³-hybridized carbons (Fsp3) is 0.333.